The van der Waals surface area contributed by atoms with Gasteiger partial charge in [-0.1, -0.05) is 17.7 Å². The Kier molecular flexibility index (Phi) is 6.01. The zero-order valence-electron chi connectivity index (χ0n) is 17.0. The molecule has 2 aromatic carbocycles. The van der Waals surface area contributed by atoms with E-state index in [2.05, 4.69) is 20.1 Å². The van der Waals surface area contributed by atoms with E-state index < -0.39 is 0 Å². The van der Waals surface area contributed by atoms with E-state index in [0.29, 0.717) is 42.3 Å². The molecule has 0 bridgehead atoms. The normalized spacial score (nSPS) is 15.6. The first-order valence-electron chi connectivity index (χ1n) is 10.0. The van der Waals surface area contributed by atoms with Crippen molar-refractivity contribution in [2.45, 2.75) is 13.0 Å². The molecular formula is C22H22ClN5O3. The lowest BCUT2D eigenvalue weighted by molar-refractivity contribution is -0.383. The number of carbonyl (C=O) groups excluding carboxylic acids is 1. The third-order valence-corrected chi connectivity index (χ3v) is 5.88. The zero-order valence-corrected chi connectivity index (χ0v) is 17.7. The third-order valence-electron chi connectivity index (χ3n) is 5.64. The number of hydrogen-bond acceptors (Lipinski definition) is 6. The number of halogens is 1. The second kappa shape index (κ2) is 8.87. The number of nitrogens with one attached hydrogen (secondary N) is 1. The predicted octanol–water partition coefficient (Wildman–Crippen LogP) is 3.95. The number of benzene rings is 2. The topological polar surface area (TPSA) is 91.6 Å². The van der Waals surface area contributed by atoms with Gasteiger partial charge in [0.05, 0.1) is 16.4 Å². The van der Waals surface area contributed by atoms with Gasteiger partial charge in [-0.3, -0.25) is 24.8 Å². The van der Waals surface area contributed by atoms with Crippen LogP contribution in [0, 0.1) is 10.1 Å². The molecule has 0 aliphatic carbocycles. The maximum atomic E-state index is 12.7. The Morgan fingerprint density at radius 2 is 1.94 bits per heavy atom. The monoisotopic (exact) mass is 439 g/mol. The highest BCUT2D eigenvalue weighted by Gasteiger charge is 2.27. The fourth-order valence-electron chi connectivity index (χ4n) is 3.92. The molecule has 31 heavy (non-hydrogen) atoms. The number of nitro benzene ring substituents is 1. The van der Waals surface area contributed by atoms with Gasteiger partial charge in [0.25, 0.3) is 5.69 Å². The Bertz CT molecular complexity index is 1130. The SMILES string of the molecule is CC(C(=O)Nc1cccc(Cl)c1)N1CCN(c2ccc([N+](=O)[O-])c3cnccc23)CC1. The van der Waals surface area contributed by atoms with Crippen molar-refractivity contribution in [2.24, 2.45) is 0 Å². The van der Waals surface area contributed by atoms with Crippen molar-refractivity contribution >= 4 is 45.3 Å². The van der Waals surface area contributed by atoms with E-state index >= 15 is 0 Å². The number of aromatic nitrogens is 1. The molecule has 0 radical (unpaired) electrons. The molecule has 1 aliphatic rings. The number of anilines is 2. The summed E-state index contributed by atoms with van der Waals surface area (Å²) in [5.74, 6) is -0.0809. The first kappa shape index (κ1) is 21.0. The minimum Gasteiger partial charge on any atom is -0.368 e. The average Bonchev–Trinajstić information content (AvgIpc) is 2.78. The van der Waals surface area contributed by atoms with Crippen molar-refractivity contribution in [1.82, 2.24) is 9.88 Å². The minimum absolute atomic E-state index is 0.0526. The first-order valence-corrected chi connectivity index (χ1v) is 10.4. The molecule has 1 fully saturated rings. The van der Waals surface area contributed by atoms with Crippen LogP contribution in [0.5, 0.6) is 0 Å². The Hall–Kier alpha value is -3.23. The van der Waals surface area contributed by atoms with Crippen molar-refractivity contribution in [3.63, 3.8) is 0 Å². The highest BCUT2D eigenvalue weighted by Crippen LogP contribution is 2.33. The van der Waals surface area contributed by atoms with E-state index in [4.69, 9.17) is 11.6 Å². The van der Waals surface area contributed by atoms with E-state index in [-0.39, 0.29) is 22.6 Å². The summed E-state index contributed by atoms with van der Waals surface area (Å²) in [5.41, 5.74) is 1.67. The van der Waals surface area contributed by atoms with Gasteiger partial charge in [0.1, 0.15) is 0 Å². The Balaban J connectivity index is 1.45. The Morgan fingerprint density at radius 1 is 1.16 bits per heavy atom. The summed E-state index contributed by atoms with van der Waals surface area (Å²) in [4.78, 5) is 32.0. The van der Waals surface area contributed by atoms with Crippen LogP contribution in [0.15, 0.2) is 54.9 Å². The molecule has 1 unspecified atom stereocenters. The van der Waals surface area contributed by atoms with Gasteiger partial charge in [0, 0.05) is 66.4 Å². The third kappa shape index (κ3) is 4.45. The average molecular weight is 440 g/mol. The Morgan fingerprint density at radius 3 is 2.65 bits per heavy atom. The molecule has 160 valence electrons. The standard InChI is InChI=1S/C22H22ClN5O3/c1-15(22(29)25-17-4-2-3-16(23)13-17)26-9-11-27(12-10-26)20-5-6-21(28(30)31)19-14-24-8-7-18(19)20/h2-8,13-15H,9-12H2,1H3,(H,25,29). The van der Waals surface area contributed by atoms with Gasteiger partial charge in [0.2, 0.25) is 5.91 Å². The van der Waals surface area contributed by atoms with E-state index in [9.17, 15) is 14.9 Å². The van der Waals surface area contributed by atoms with Gasteiger partial charge < -0.3 is 10.2 Å². The quantitative estimate of drug-likeness (QED) is 0.478. The summed E-state index contributed by atoms with van der Waals surface area (Å²) in [6.07, 6.45) is 3.18. The lowest BCUT2D eigenvalue weighted by Crippen LogP contribution is -2.52. The van der Waals surface area contributed by atoms with E-state index in [1.54, 1.807) is 30.5 Å². The molecule has 9 heteroatoms. The summed E-state index contributed by atoms with van der Waals surface area (Å²) < 4.78 is 0. The van der Waals surface area contributed by atoms with Crippen molar-refractivity contribution in [3.8, 4) is 0 Å². The maximum Gasteiger partial charge on any atom is 0.278 e. The molecule has 4 rings (SSSR count). The van der Waals surface area contributed by atoms with Crippen LogP contribution in [0.2, 0.25) is 5.02 Å². The van der Waals surface area contributed by atoms with Crippen LogP contribution in [0.1, 0.15) is 6.92 Å². The number of pyridine rings is 1. The lowest BCUT2D eigenvalue weighted by atomic mass is 10.1. The van der Waals surface area contributed by atoms with Crippen LogP contribution in [0.3, 0.4) is 0 Å². The number of hydrogen-bond donors (Lipinski definition) is 1. The molecule has 0 saturated carbocycles. The second-order valence-corrected chi connectivity index (χ2v) is 7.92. The highest BCUT2D eigenvalue weighted by atomic mass is 35.5. The fraction of sp³-hybridized carbons (Fsp3) is 0.273. The number of rotatable bonds is 5. The summed E-state index contributed by atoms with van der Waals surface area (Å²) in [5, 5.41) is 16.2. The molecule has 8 nitrogen and oxygen atoms in total. The van der Waals surface area contributed by atoms with Gasteiger partial charge in [-0.25, -0.2) is 0 Å². The van der Waals surface area contributed by atoms with Crippen molar-refractivity contribution in [1.29, 1.82) is 0 Å². The fourth-order valence-corrected chi connectivity index (χ4v) is 4.11. The summed E-state index contributed by atoms with van der Waals surface area (Å²) in [6.45, 7) is 4.72. The van der Waals surface area contributed by atoms with Crippen molar-refractivity contribution in [2.75, 3.05) is 36.4 Å². The molecule has 1 aromatic heterocycles. The number of amides is 1. The van der Waals surface area contributed by atoms with Crippen molar-refractivity contribution in [3.05, 3.63) is 70.0 Å². The Labute approximate surface area is 184 Å². The van der Waals surface area contributed by atoms with E-state index in [0.717, 1.165) is 11.1 Å². The molecule has 1 aliphatic heterocycles. The first-order chi connectivity index (χ1) is 14.9. The predicted molar refractivity (Wildman–Crippen MR) is 122 cm³/mol. The lowest BCUT2D eigenvalue weighted by Gasteiger charge is -2.38. The number of nitro groups is 1. The van der Waals surface area contributed by atoms with Crippen LogP contribution in [0.4, 0.5) is 17.1 Å². The van der Waals surface area contributed by atoms with Gasteiger partial charge in [-0.2, -0.15) is 0 Å². The molecule has 3 aromatic rings. The van der Waals surface area contributed by atoms with Crippen LogP contribution >= 0.6 is 11.6 Å². The van der Waals surface area contributed by atoms with Crippen LogP contribution in [-0.4, -0.2) is 52.9 Å². The summed E-state index contributed by atoms with van der Waals surface area (Å²) in [6, 6.07) is 11.9. The van der Waals surface area contributed by atoms with Crippen LogP contribution in [-0.2, 0) is 4.79 Å². The van der Waals surface area contributed by atoms with E-state index in [1.807, 2.05) is 19.1 Å². The van der Waals surface area contributed by atoms with Crippen LogP contribution in [0.25, 0.3) is 10.8 Å². The van der Waals surface area contributed by atoms with Gasteiger partial charge >= 0.3 is 0 Å². The van der Waals surface area contributed by atoms with Crippen LogP contribution < -0.4 is 10.2 Å². The smallest absolute Gasteiger partial charge is 0.278 e. The molecule has 1 amide bonds. The van der Waals surface area contributed by atoms with Gasteiger partial charge in [0.15, 0.2) is 0 Å². The maximum absolute atomic E-state index is 12.7. The molecule has 2 heterocycles. The number of non-ortho nitro benzene ring substituents is 1. The van der Waals surface area contributed by atoms with Gasteiger partial charge in [-0.15, -0.1) is 0 Å². The molecular weight excluding hydrogens is 418 g/mol. The number of fused-ring (bicyclic) bond motifs is 1. The highest BCUT2D eigenvalue weighted by molar-refractivity contribution is 6.30. The molecule has 1 saturated heterocycles. The van der Waals surface area contributed by atoms with E-state index in [1.165, 1.54) is 12.3 Å². The number of carbonyl (C=O) groups is 1. The second-order valence-electron chi connectivity index (χ2n) is 7.48. The van der Waals surface area contributed by atoms with Gasteiger partial charge in [-0.05, 0) is 37.3 Å². The minimum atomic E-state index is -0.383. The summed E-state index contributed by atoms with van der Waals surface area (Å²) in [7, 11) is 0. The molecule has 1 atom stereocenters. The molecule has 0 spiro atoms. The van der Waals surface area contributed by atoms with Crippen molar-refractivity contribution < 1.29 is 9.72 Å². The number of nitrogens with zero attached hydrogens (tertiary/aromatic N) is 4. The number of piperazine rings is 1. The summed E-state index contributed by atoms with van der Waals surface area (Å²) >= 11 is 5.99. The largest absolute Gasteiger partial charge is 0.368 e. The molecule has 1 N–H and O–H groups in total. The zero-order chi connectivity index (χ0) is 22.0.